The van der Waals surface area contributed by atoms with Crippen LogP contribution in [-0.2, 0) is 0 Å². The molecule has 1 aromatic carbocycles. The SMILES string of the molecule is O=C(O)Oc1cn(C2CC2)c2ccccc2c1=O. The average Bonchev–Trinajstić information content (AvgIpc) is 3.16. The highest BCUT2D eigenvalue weighted by Crippen LogP contribution is 2.37. The molecule has 1 fully saturated rings. The number of carboxylic acid groups (broad SMARTS) is 1. The minimum absolute atomic E-state index is 0.131. The summed E-state index contributed by atoms with van der Waals surface area (Å²) in [6, 6.07) is 7.50. The Bertz CT molecular complexity index is 685. The molecule has 2 aromatic rings. The quantitative estimate of drug-likeness (QED) is 0.825. The molecule has 18 heavy (non-hydrogen) atoms. The van der Waals surface area contributed by atoms with Crippen LogP contribution in [0.25, 0.3) is 10.9 Å². The Morgan fingerprint density at radius 2 is 2.06 bits per heavy atom. The van der Waals surface area contributed by atoms with Crippen molar-refractivity contribution in [2.75, 3.05) is 0 Å². The molecular formula is C13H11NO4. The van der Waals surface area contributed by atoms with Gasteiger partial charge in [0.25, 0.3) is 0 Å². The molecule has 1 N–H and O–H groups in total. The number of fused-ring (bicyclic) bond motifs is 1. The molecule has 0 amide bonds. The van der Waals surface area contributed by atoms with Crippen molar-refractivity contribution in [3.8, 4) is 5.75 Å². The van der Waals surface area contributed by atoms with Gasteiger partial charge in [0.05, 0.1) is 11.7 Å². The third-order valence-electron chi connectivity index (χ3n) is 3.04. The molecule has 0 radical (unpaired) electrons. The zero-order valence-corrected chi connectivity index (χ0v) is 9.50. The summed E-state index contributed by atoms with van der Waals surface area (Å²) in [6.07, 6.45) is 2.11. The number of para-hydroxylation sites is 1. The molecule has 0 atom stereocenters. The lowest BCUT2D eigenvalue weighted by Gasteiger charge is -2.11. The van der Waals surface area contributed by atoms with Crippen molar-refractivity contribution in [1.82, 2.24) is 4.57 Å². The van der Waals surface area contributed by atoms with Crippen molar-refractivity contribution in [1.29, 1.82) is 0 Å². The van der Waals surface area contributed by atoms with Crippen LogP contribution in [0.5, 0.6) is 5.75 Å². The zero-order chi connectivity index (χ0) is 12.7. The molecular weight excluding hydrogens is 234 g/mol. The number of hydrogen-bond acceptors (Lipinski definition) is 3. The Labute approximate surface area is 102 Å². The van der Waals surface area contributed by atoms with Gasteiger partial charge in [0.15, 0.2) is 5.75 Å². The molecule has 1 saturated carbocycles. The van der Waals surface area contributed by atoms with Gasteiger partial charge < -0.3 is 14.4 Å². The summed E-state index contributed by atoms with van der Waals surface area (Å²) in [5.74, 6) is -0.131. The van der Waals surface area contributed by atoms with Crippen LogP contribution >= 0.6 is 0 Å². The number of hydrogen-bond donors (Lipinski definition) is 1. The van der Waals surface area contributed by atoms with Crippen LogP contribution in [0, 0.1) is 0 Å². The maximum atomic E-state index is 12.1. The Balaban J connectivity index is 2.28. The number of benzene rings is 1. The minimum atomic E-state index is -1.47. The van der Waals surface area contributed by atoms with Crippen molar-refractivity contribution in [3.63, 3.8) is 0 Å². The van der Waals surface area contributed by atoms with Gasteiger partial charge in [0, 0.05) is 11.4 Å². The minimum Gasteiger partial charge on any atom is -0.449 e. The van der Waals surface area contributed by atoms with E-state index in [-0.39, 0.29) is 11.2 Å². The summed E-state index contributed by atoms with van der Waals surface area (Å²) in [7, 11) is 0. The number of aromatic nitrogens is 1. The first-order valence-electron chi connectivity index (χ1n) is 5.71. The average molecular weight is 245 g/mol. The van der Waals surface area contributed by atoms with Gasteiger partial charge in [-0.25, -0.2) is 4.79 Å². The highest BCUT2D eigenvalue weighted by atomic mass is 16.7. The van der Waals surface area contributed by atoms with Gasteiger partial charge >= 0.3 is 6.16 Å². The maximum absolute atomic E-state index is 12.1. The highest BCUT2D eigenvalue weighted by Gasteiger charge is 2.26. The van der Waals surface area contributed by atoms with Gasteiger partial charge in [-0.15, -0.1) is 0 Å². The van der Waals surface area contributed by atoms with Crippen LogP contribution in [0.2, 0.25) is 0 Å². The van der Waals surface area contributed by atoms with Crippen LogP contribution in [0.4, 0.5) is 4.79 Å². The van der Waals surface area contributed by atoms with Crippen LogP contribution in [0.1, 0.15) is 18.9 Å². The van der Waals surface area contributed by atoms with E-state index in [9.17, 15) is 9.59 Å². The number of rotatable bonds is 2. The van der Waals surface area contributed by atoms with Gasteiger partial charge in [-0.2, -0.15) is 0 Å². The summed E-state index contributed by atoms with van der Waals surface area (Å²) in [6.45, 7) is 0. The molecule has 1 aliphatic rings. The maximum Gasteiger partial charge on any atom is 0.511 e. The Hall–Kier alpha value is -2.30. The number of carbonyl (C=O) groups is 1. The largest absolute Gasteiger partial charge is 0.511 e. The lowest BCUT2D eigenvalue weighted by molar-refractivity contribution is 0.143. The van der Waals surface area contributed by atoms with E-state index in [2.05, 4.69) is 4.74 Å². The first-order valence-corrected chi connectivity index (χ1v) is 5.71. The molecule has 1 aliphatic carbocycles. The van der Waals surface area contributed by atoms with E-state index in [0.29, 0.717) is 11.4 Å². The standard InChI is InChI=1S/C13H11NO4/c15-12-9-3-1-2-4-10(9)14(8-5-6-8)7-11(12)18-13(16)17/h1-4,7-8H,5-6H2,(H,16,17). The van der Waals surface area contributed by atoms with E-state index in [0.717, 1.165) is 18.4 Å². The monoisotopic (exact) mass is 245 g/mol. The van der Waals surface area contributed by atoms with E-state index in [1.807, 2.05) is 16.7 Å². The van der Waals surface area contributed by atoms with Crippen molar-refractivity contribution in [3.05, 3.63) is 40.7 Å². The zero-order valence-electron chi connectivity index (χ0n) is 9.50. The second-order valence-electron chi connectivity index (χ2n) is 4.35. The normalized spacial score (nSPS) is 14.7. The molecule has 5 heteroatoms. The molecule has 5 nitrogen and oxygen atoms in total. The predicted octanol–water partition coefficient (Wildman–Crippen LogP) is 2.39. The molecule has 0 saturated heterocycles. The van der Waals surface area contributed by atoms with Crippen LogP contribution < -0.4 is 10.2 Å². The Morgan fingerprint density at radius 3 is 2.72 bits per heavy atom. The third kappa shape index (κ3) is 1.73. The topological polar surface area (TPSA) is 68.5 Å². The van der Waals surface area contributed by atoms with Crippen molar-refractivity contribution in [2.45, 2.75) is 18.9 Å². The number of ether oxygens (including phenoxy) is 1. The fourth-order valence-electron chi connectivity index (χ4n) is 2.10. The molecule has 0 aliphatic heterocycles. The van der Waals surface area contributed by atoms with E-state index in [1.54, 1.807) is 12.1 Å². The first kappa shape index (κ1) is 10.8. The van der Waals surface area contributed by atoms with Crippen LogP contribution in [0.15, 0.2) is 35.3 Å². The number of pyridine rings is 1. The van der Waals surface area contributed by atoms with Gasteiger partial charge in [0.2, 0.25) is 5.43 Å². The molecule has 1 heterocycles. The summed E-state index contributed by atoms with van der Waals surface area (Å²) < 4.78 is 6.48. The fourth-order valence-corrected chi connectivity index (χ4v) is 2.10. The summed E-state index contributed by atoms with van der Waals surface area (Å²) in [5, 5.41) is 9.13. The van der Waals surface area contributed by atoms with Gasteiger partial charge in [-0.1, -0.05) is 12.1 Å². The molecule has 0 spiro atoms. The Kier molecular flexibility index (Phi) is 2.33. The second kappa shape index (κ2) is 3.87. The van der Waals surface area contributed by atoms with Crippen molar-refractivity contribution in [2.24, 2.45) is 0 Å². The third-order valence-corrected chi connectivity index (χ3v) is 3.04. The predicted molar refractivity (Wildman–Crippen MR) is 65.1 cm³/mol. The van der Waals surface area contributed by atoms with Gasteiger partial charge in [-0.3, -0.25) is 4.79 Å². The molecule has 0 unspecified atom stereocenters. The summed E-state index contributed by atoms with van der Waals surface area (Å²) in [4.78, 5) is 22.6. The highest BCUT2D eigenvalue weighted by molar-refractivity contribution is 5.81. The number of nitrogens with zero attached hydrogens (tertiary/aromatic N) is 1. The molecule has 0 bridgehead atoms. The van der Waals surface area contributed by atoms with Crippen molar-refractivity contribution < 1.29 is 14.6 Å². The summed E-state index contributed by atoms with van der Waals surface area (Å²) >= 11 is 0. The molecule has 92 valence electrons. The lowest BCUT2D eigenvalue weighted by Crippen LogP contribution is -2.15. The van der Waals surface area contributed by atoms with Crippen LogP contribution in [-0.4, -0.2) is 15.8 Å². The van der Waals surface area contributed by atoms with Gasteiger partial charge in [-0.05, 0) is 25.0 Å². The first-order chi connectivity index (χ1) is 8.66. The van der Waals surface area contributed by atoms with Gasteiger partial charge in [0.1, 0.15) is 0 Å². The van der Waals surface area contributed by atoms with E-state index < -0.39 is 6.16 Å². The molecule has 1 aromatic heterocycles. The molecule has 3 rings (SSSR count). The lowest BCUT2D eigenvalue weighted by atomic mass is 10.2. The second-order valence-corrected chi connectivity index (χ2v) is 4.35. The smallest absolute Gasteiger partial charge is 0.449 e. The van der Waals surface area contributed by atoms with E-state index >= 15 is 0 Å². The fraction of sp³-hybridized carbons (Fsp3) is 0.231. The van der Waals surface area contributed by atoms with Crippen LogP contribution in [0.3, 0.4) is 0 Å². The van der Waals surface area contributed by atoms with Crippen molar-refractivity contribution >= 4 is 17.1 Å². The van der Waals surface area contributed by atoms with E-state index in [4.69, 9.17) is 5.11 Å². The van der Waals surface area contributed by atoms with E-state index in [1.165, 1.54) is 6.20 Å². The summed E-state index contributed by atoms with van der Waals surface area (Å²) in [5.41, 5.74) is 0.438. The Morgan fingerprint density at radius 1 is 1.33 bits per heavy atom.